The number of amides is 1. The van der Waals surface area contributed by atoms with Gasteiger partial charge in [-0.3, -0.25) is 9.59 Å². The van der Waals surface area contributed by atoms with Crippen LogP contribution >= 0.6 is 0 Å². The molecule has 1 aromatic rings. The predicted octanol–water partition coefficient (Wildman–Crippen LogP) is 3.18. The number of aliphatic carboxylic acids is 1. The van der Waals surface area contributed by atoms with Crippen LogP contribution in [0, 0.1) is 5.92 Å². The third kappa shape index (κ3) is 4.24. The number of hydrogen-bond acceptors (Lipinski definition) is 2. The summed E-state index contributed by atoms with van der Waals surface area (Å²) in [6, 6.07) is 5.02. The molecule has 1 aromatic carbocycles. The molecule has 7 heteroatoms. The van der Waals surface area contributed by atoms with Crippen molar-refractivity contribution in [2.45, 2.75) is 44.3 Å². The molecular weight excluding hydrogens is 311 g/mol. The Bertz CT molecular complexity index is 594. The molecular formula is C16H18F3NO3. The van der Waals surface area contributed by atoms with E-state index in [9.17, 15) is 22.8 Å². The summed E-state index contributed by atoms with van der Waals surface area (Å²) in [5.74, 6) is -2.27. The van der Waals surface area contributed by atoms with Gasteiger partial charge in [0.2, 0.25) is 5.91 Å². The Hall–Kier alpha value is -2.05. The van der Waals surface area contributed by atoms with Crippen molar-refractivity contribution in [2.24, 2.45) is 5.92 Å². The van der Waals surface area contributed by atoms with Gasteiger partial charge < -0.3 is 10.4 Å². The molecule has 1 fully saturated rings. The first-order valence-electron chi connectivity index (χ1n) is 7.36. The second-order valence-electron chi connectivity index (χ2n) is 5.96. The molecule has 0 aliphatic heterocycles. The summed E-state index contributed by atoms with van der Waals surface area (Å²) < 4.78 is 38.9. The van der Waals surface area contributed by atoms with Gasteiger partial charge in [0.15, 0.2) is 0 Å². The molecule has 1 aliphatic rings. The summed E-state index contributed by atoms with van der Waals surface area (Å²) >= 11 is 0. The molecule has 4 nitrogen and oxygen atoms in total. The van der Waals surface area contributed by atoms with Gasteiger partial charge in [-0.15, -0.1) is 0 Å². The molecule has 0 bridgehead atoms. The van der Waals surface area contributed by atoms with Crippen molar-refractivity contribution in [1.29, 1.82) is 0 Å². The van der Waals surface area contributed by atoms with Crippen LogP contribution < -0.4 is 5.32 Å². The van der Waals surface area contributed by atoms with Gasteiger partial charge in [-0.1, -0.05) is 25.1 Å². The molecule has 0 radical (unpaired) electrons. The number of benzene rings is 1. The first-order chi connectivity index (χ1) is 10.7. The number of carboxylic acid groups (broad SMARTS) is 1. The zero-order valence-electron chi connectivity index (χ0n) is 12.6. The summed E-state index contributed by atoms with van der Waals surface area (Å²) in [6.45, 7) is 1.57. The fourth-order valence-electron chi connectivity index (χ4n) is 2.80. The summed E-state index contributed by atoms with van der Waals surface area (Å²) in [5.41, 5.74) is -0.637. The van der Waals surface area contributed by atoms with E-state index in [1.165, 1.54) is 18.2 Å². The minimum Gasteiger partial charge on any atom is -0.481 e. The molecule has 0 saturated heterocycles. The Morgan fingerprint density at radius 1 is 1.30 bits per heavy atom. The van der Waals surface area contributed by atoms with E-state index in [1.807, 2.05) is 0 Å². The third-order valence-corrected chi connectivity index (χ3v) is 4.14. The van der Waals surface area contributed by atoms with Gasteiger partial charge >= 0.3 is 12.1 Å². The lowest BCUT2D eigenvalue weighted by atomic mass is 9.80. The zero-order chi connectivity index (χ0) is 17.2. The average Bonchev–Trinajstić information content (AvgIpc) is 2.41. The van der Waals surface area contributed by atoms with E-state index in [0.717, 1.165) is 6.07 Å². The van der Waals surface area contributed by atoms with Crippen LogP contribution in [0.25, 0.3) is 0 Å². The van der Waals surface area contributed by atoms with Crippen LogP contribution in [0.4, 0.5) is 13.2 Å². The molecule has 1 saturated carbocycles. The molecule has 1 unspecified atom stereocenters. The van der Waals surface area contributed by atoms with E-state index in [-0.39, 0.29) is 23.9 Å². The highest BCUT2D eigenvalue weighted by Gasteiger charge is 2.36. The van der Waals surface area contributed by atoms with Gasteiger partial charge in [0.05, 0.1) is 11.5 Å². The molecule has 0 aromatic heterocycles. The lowest BCUT2D eigenvalue weighted by Gasteiger charge is -2.33. The van der Waals surface area contributed by atoms with Crippen LogP contribution in [0.15, 0.2) is 24.3 Å². The predicted molar refractivity (Wildman–Crippen MR) is 76.8 cm³/mol. The quantitative estimate of drug-likeness (QED) is 0.872. The van der Waals surface area contributed by atoms with Crippen molar-refractivity contribution in [3.63, 3.8) is 0 Å². The maximum Gasteiger partial charge on any atom is 0.416 e. The lowest BCUT2D eigenvalue weighted by molar-refractivity contribution is -0.146. The highest BCUT2D eigenvalue weighted by Crippen LogP contribution is 2.36. The normalized spacial score (nSPS) is 22.1. The number of hydrogen-bond donors (Lipinski definition) is 2. The van der Waals surface area contributed by atoms with E-state index >= 15 is 0 Å². The Morgan fingerprint density at radius 2 is 1.91 bits per heavy atom. The lowest BCUT2D eigenvalue weighted by Crippen LogP contribution is -2.46. The number of alkyl halides is 3. The maximum absolute atomic E-state index is 13.0. The molecule has 0 heterocycles. The Kier molecular flexibility index (Phi) is 4.97. The molecule has 1 amide bonds. The van der Waals surface area contributed by atoms with E-state index in [2.05, 4.69) is 5.32 Å². The van der Waals surface area contributed by atoms with Gasteiger partial charge in [0, 0.05) is 12.5 Å². The molecule has 1 aliphatic carbocycles. The standard InChI is InChI=1S/C16H18F3NO3/c1-9(12-4-2-3-5-13(12)16(17,18)19)6-14(21)20-11-7-10(8-11)15(22)23/h2-5,9-11H,6-8H2,1H3,(H,20,21)(H,22,23). The SMILES string of the molecule is CC(CC(=O)NC1CC(C(=O)O)C1)c1ccccc1C(F)(F)F. The zero-order valence-corrected chi connectivity index (χ0v) is 12.6. The minimum absolute atomic E-state index is 0.0681. The van der Waals surface area contributed by atoms with E-state index in [0.29, 0.717) is 12.8 Å². The summed E-state index contributed by atoms with van der Waals surface area (Å²) in [6.07, 6.45) is -3.78. The summed E-state index contributed by atoms with van der Waals surface area (Å²) in [7, 11) is 0. The maximum atomic E-state index is 13.0. The first-order valence-corrected chi connectivity index (χ1v) is 7.36. The first kappa shape index (κ1) is 17.3. The monoisotopic (exact) mass is 329 g/mol. The van der Waals surface area contributed by atoms with Gasteiger partial charge in [0.1, 0.15) is 0 Å². The molecule has 2 N–H and O–H groups in total. The smallest absolute Gasteiger partial charge is 0.416 e. The molecule has 0 spiro atoms. The van der Waals surface area contributed by atoms with Gasteiger partial charge in [-0.2, -0.15) is 13.2 Å². The number of carbonyl (C=O) groups is 2. The van der Waals surface area contributed by atoms with Crippen molar-refractivity contribution < 1.29 is 27.9 Å². The van der Waals surface area contributed by atoms with E-state index in [4.69, 9.17) is 5.11 Å². The van der Waals surface area contributed by atoms with Gasteiger partial charge in [-0.25, -0.2) is 0 Å². The van der Waals surface area contributed by atoms with Crippen LogP contribution in [0.2, 0.25) is 0 Å². The fraction of sp³-hybridized carbons (Fsp3) is 0.500. The van der Waals surface area contributed by atoms with Gasteiger partial charge in [0.25, 0.3) is 0 Å². The highest BCUT2D eigenvalue weighted by atomic mass is 19.4. The van der Waals surface area contributed by atoms with Crippen molar-refractivity contribution in [3.05, 3.63) is 35.4 Å². The van der Waals surface area contributed by atoms with Crippen molar-refractivity contribution in [1.82, 2.24) is 5.32 Å². The van der Waals surface area contributed by atoms with Crippen LogP contribution in [0.1, 0.15) is 43.2 Å². The summed E-state index contributed by atoms with van der Waals surface area (Å²) in [5, 5.41) is 11.4. The topological polar surface area (TPSA) is 66.4 Å². The number of nitrogens with one attached hydrogen (secondary N) is 1. The number of rotatable bonds is 5. The van der Waals surface area contributed by atoms with Crippen LogP contribution in [0.5, 0.6) is 0 Å². The number of carbonyl (C=O) groups excluding carboxylic acids is 1. The second-order valence-corrected chi connectivity index (χ2v) is 5.96. The average molecular weight is 329 g/mol. The molecule has 2 rings (SSSR count). The minimum atomic E-state index is -4.45. The Labute approximate surface area is 131 Å². The second kappa shape index (κ2) is 6.60. The fourth-order valence-corrected chi connectivity index (χ4v) is 2.80. The van der Waals surface area contributed by atoms with Crippen LogP contribution in [-0.2, 0) is 15.8 Å². The van der Waals surface area contributed by atoms with E-state index < -0.39 is 29.5 Å². The van der Waals surface area contributed by atoms with Crippen molar-refractivity contribution in [3.8, 4) is 0 Å². The number of halogens is 3. The van der Waals surface area contributed by atoms with E-state index in [1.54, 1.807) is 6.92 Å². The van der Waals surface area contributed by atoms with Crippen LogP contribution in [0.3, 0.4) is 0 Å². The Morgan fingerprint density at radius 3 is 2.48 bits per heavy atom. The van der Waals surface area contributed by atoms with Gasteiger partial charge in [-0.05, 0) is 30.4 Å². The Balaban J connectivity index is 1.94. The van der Waals surface area contributed by atoms with Crippen LogP contribution in [-0.4, -0.2) is 23.0 Å². The third-order valence-electron chi connectivity index (χ3n) is 4.14. The number of carboxylic acids is 1. The molecule has 126 valence electrons. The highest BCUT2D eigenvalue weighted by molar-refractivity contribution is 5.78. The summed E-state index contributed by atoms with van der Waals surface area (Å²) in [4.78, 5) is 22.6. The largest absolute Gasteiger partial charge is 0.481 e. The molecule has 1 atom stereocenters. The molecule has 23 heavy (non-hydrogen) atoms. The van der Waals surface area contributed by atoms with Crippen molar-refractivity contribution in [2.75, 3.05) is 0 Å². The van der Waals surface area contributed by atoms with Crippen molar-refractivity contribution >= 4 is 11.9 Å².